The fourth-order valence-corrected chi connectivity index (χ4v) is 2.51. The average molecular weight is 197 g/mol. The summed E-state index contributed by atoms with van der Waals surface area (Å²) in [6.45, 7) is 0.831. The summed E-state index contributed by atoms with van der Waals surface area (Å²) in [5, 5.41) is 13.9. The van der Waals surface area contributed by atoms with E-state index in [0.29, 0.717) is 6.04 Å². The third-order valence-corrected chi connectivity index (χ3v) is 3.86. The molecule has 0 heterocycles. The Morgan fingerprint density at radius 2 is 1.64 bits per heavy atom. The number of hydrogen-bond acceptors (Lipinski definition) is 2. The van der Waals surface area contributed by atoms with Gasteiger partial charge in [-0.1, -0.05) is 32.1 Å². The Hall–Kier alpha value is -0.0800. The fourth-order valence-electron chi connectivity index (χ4n) is 2.51. The third-order valence-electron chi connectivity index (χ3n) is 3.86. The van der Waals surface area contributed by atoms with Gasteiger partial charge in [0.05, 0.1) is 5.60 Å². The third kappa shape index (κ3) is 2.71. The first-order valence-electron chi connectivity index (χ1n) is 6.24. The van der Waals surface area contributed by atoms with E-state index in [2.05, 4.69) is 5.32 Å². The molecule has 14 heavy (non-hydrogen) atoms. The van der Waals surface area contributed by atoms with E-state index in [1.165, 1.54) is 44.9 Å². The van der Waals surface area contributed by atoms with Gasteiger partial charge in [-0.3, -0.25) is 0 Å². The van der Waals surface area contributed by atoms with Crippen molar-refractivity contribution in [1.29, 1.82) is 0 Å². The highest BCUT2D eigenvalue weighted by atomic mass is 16.3. The zero-order valence-corrected chi connectivity index (χ0v) is 9.10. The van der Waals surface area contributed by atoms with Gasteiger partial charge in [0.25, 0.3) is 0 Å². The quantitative estimate of drug-likeness (QED) is 0.680. The van der Waals surface area contributed by atoms with Crippen molar-refractivity contribution in [2.75, 3.05) is 6.54 Å². The molecule has 0 bridgehead atoms. The Morgan fingerprint density at radius 3 is 2.14 bits per heavy atom. The van der Waals surface area contributed by atoms with Gasteiger partial charge in [-0.15, -0.1) is 0 Å². The Morgan fingerprint density at radius 1 is 1.00 bits per heavy atom. The molecule has 0 aromatic heterocycles. The Labute approximate surface area is 87.1 Å². The monoisotopic (exact) mass is 197 g/mol. The predicted octanol–water partition coefficient (Wildman–Crippen LogP) is 2.21. The van der Waals surface area contributed by atoms with Crippen LogP contribution in [0.4, 0.5) is 0 Å². The van der Waals surface area contributed by atoms with Crippen molar-refractivity contribution in [3.8, 4) is 0 Å². The molecule has 82 valence electrons. The minimum Gasteiger partial charge on any atom is -0.389 e. The molecule has 0 aromatic rings. The van der Waals surface area contributed by atoms with Crippen LogP contribution in [-0.4, -0.2) is 23.3 Å². The molecule has 0 atom stereocenters. The van der Waals surface area contributed by atoms with Crippen LogP contribution in [0.2, 0.25) is 0 Å². The number of rotatable bonds is 3. The molecule has 0 saturated heterocycles. The lowest BCUT2D eigenvalue weighted by Gasteiger charge is -2.33. The first-order valence-corrected chi connectivity index (χ1v) is 6.24. The molecule has 2 aliphatic rings. The van der Waals surface area contributed by atoms with Gasteiger partial charge >= 0.3 is 0 Å². The Balaban J connectivity index is 1.74. The largest absolute Gasteiger partial charge is 0.389 e. The van der Waals surface area contributed by atoms with Crippen molar-refractivity contribution in [2.24, 2.45) is 0 Å². The molecule has 2 N–H and O–H groups in total. The number of aliphatic hydroxyl groups is 1. The summed E-state index contributed by atoms with van der Waals surface area (Å²) in [6.07, 6.45) is 11.1. The molecule has 2 aliphatic carbocycles. The van der Waals surface area contributed by atoms with Crippen molar-refractivity contribution in [3.63, 3.8) is 0 Å². The van der Waals surface area contributed by atoms with E-state index in [4.69, 9.17) is 0 Å². The van der Waals surface area contributed by atoms with Gasteiger partial charge in [-0.2, -0.15) is 0 Å². The standard InChI is InChI=1S/C12H23NO/c14-12(8-3-1-2-4-9-12)10-13-11-6-5-7-11/h11,13-14H,1-10H2. The summed E-state index contributed by atoms with van der Waals surface area (Å²) in [5.41, 5.74) is -0.383. The predicted molar refractivity (Wildman–Crippen MR) is 58.3 cm³/mol. The minimum atomic E-state index is -0.383. The van der Waals surface area contributed by atoms with E-state index in [1.54, 1.807) is 0 Å². The van der Waals surface area contributed by atoms with E-state index < -0.39 is 0 Å². The fraction of sp³-hybridized carbons (Fsp3) is 1.00. The average Bonchev–Trinajstić information content (AvgIpc) is 2.28. The molecule has 0 amide bonds. The molecule has 2 rings (SSSR count). The van der Waals surface area contributed by atoms with Crippen LogP contribution < -0.4 is 5.32 Å². The highest BCUT2D eigenvalue weighted by molar-refractivity contribution is 4.86. The smallest absolute Gasteiger partial charge is 0.0771 e. The molecular weight excluding hydrogens is 174 g/mol. The Bertz CT molecular complexity index is 169. The van der Waals surface area contributed by atoms with Crippen LogP contribution in [0.1, 0.15) is 57.8 Å². The van der Waals surface area contributed by atoms with Crippen molar-refractivity contribution in [1.82, 2.24) is 5.32 Å². The van der Waals surface area contributed by atoms with Crippen molar-refractivity contribution in [3.05, 3.63) is 0 Å². The van der Waals surface area contributed by atoms with Gasteiger partial charge in [0, 0.05) is 12.6 Å². The van der Waals surface area contributed by atoms with E-state index >= 15 is 0 Å². The second-order valence-electron chi connectivity index (χ2n) is 5.15. The maximum Gasteiger partial charge on any atom is 0.0771 e. The van der Waals surface area contributed by atoms with Crippen molar-refractivity contribution in [2.45, 2.75) is 69.4 Å². The number of nitrogens with one attached hydrogen (secondary N) is 1. The van der Waals surface area contributed by atoms with Gasteiger partial charge < -0.3 is 10.4 Å². The van der Waals surface area contributed by atoms with Crippen LogP contribution in [0.15, 0.2) is 0 Å². The van der Waals surface area contributed by atoms with Gasteiger partial charge in [0.15, 0.2) is 0 Å². The zero-order chi connectivity index (χ0) is 9.86. The number of hydrogen-bond donors (Lipinski definition) is 2. The molecule has 2 fully saturated rings. The van der Waals surface area contributed by atoms with E-state index in [-0.39, 0.29) is 5.60 Å². The molecule has 2 nitrogen and oxygen atoms in total. The zero-order valence-electron chi connectivity index (χ0n) is 9.10. The highest BCUT2D eigenvalue weighted by Gasteiger charge is 2.29. The van der Waals surface area contributed by atoms with E-state index in [0.717, 1.165) is 19.4 Å². The summed E-state index contributed by atoms with van der Waals surface area (Å²) >= 11 is 0. The first kappa shape index (κ1) is 10.4. The normalized spacial score (nSPS) is 28.1. The van der Waals surface area contributed by atoms with Gasteiger partial charge in [-0.25, -0.2) is 0 Å². The molecule has 2 heteroatoms. The summed E-state index contributed by atoms with van der Waals surface area (Å²) in [5.74, 6) is 0. The highest BCUT2D eigenvalue weighted by Crippen LogP contribution is 2.27. The van der Waals surface area contributed by atoms with Crippen LogP contribution in [-0.2, 0) is 0 Å². The van der Waals surface area contributed by atoms with Crippen LogP contribution in [0.3, 0.4) is 0 Å². The van der Waals surface area contributed by atoms with Crippen molar-refractivity contribution < 1.29 is 5.11 Å². The van der Waals surface area contributed by atoms with Crippen molar-refractivity contribution >= 4 is 0 Å². The van der Waals surface area contributed by atoms with Crippen LogP contribution in [0.5, 0.6) is 0 Å². The molecule has 0 aromatic carbocycles. The second-order valence-corrected chi connectivity index (χ2v) is 5.15. The molecule has 0 spiro atoms. The second kappa shape index (κ2) is 4.63. The maximum absolute atomic E-state index is 10.4. The molecular formula is C12H23NO. The molecule has 0 radical (unpaired) electrons. The van der Waals surface area contributed by atoms with E-state index in [1.807, 2.05) is 0 Å². The minimum absolute atomic E-state index is 0.383. The topological polar surface area (TPSA) is 32.3 Å². The molecule has 0 aliphatic heterocycles. The van der Waals surface area contributed by atoms with E-state index in [9.17, 15) is 5.11 Å². The lowest BCUT2D eigenvalue weighted by molar-refractivity contribution is 0.0201. The molecule has 0 unspecified atom stereocenters. The van der Waals surface area contributed by atoms with Gasteiger partial charge in [-0.05, 0) is 25.7 Å². The molecule has 2 saturated carbocycles. The Kier molecular flexibility index (Phi) is 3.45. The lowest BCUT2D eigenvalue weighted by Crippen LogP contribution is -2.46. The SMILES string of the molecule is OC1(CNC2CCC2)CCCCCC1. The van der Waals surface area contributed by atoms with Crippen LogP contribution >= 0.6 is 0 Å². The van der Waals surface area contributed by atoms with Gasteiger partial charge in [0.2, 0.25) is 0 Å². The van der Waals surface area contributed by atoms with Crippen LogP contribution in [0.25, 0.3) is 0 Å². The maximum atomic E-state index is 10.4. The van der Waals surface area contributed by atoms with Crippen LogP contribution in [0, 0.1) is 0 Å². The summed E-state index contributed by atoms with van der Waals surface area (Å²) < 4.78 is 0. The lowest BCUT2D eigenvalue weighted by atomic mass is 9.90. The summed E-state index contributed by atoms with van der Waals surface area (Å²) in [6, 6.07) is 0.710. The van der Waals surface area contributed by atoms with Gasteiger partial charge in [0.1, 0.15) is 0 Å². The first-order chi connectivity index (χ1) is 6.79. The summed E-state index contributed by atoms with van der Waals surface area (Å²) in [4.78, 5) is 0. The summed E-state index contributed by atoms with van der Waals surface area (Å²) in [7, 11) is 0.